The SMILES string of the molecule is Cc1ccc(NC(=O)CN(C)C(=O)CCl)c(C)c1. The Morgan fingerprint density at radius 2 is 2.00 bits per heavy atom. The zero-order valence-electron chi connectivity index (χ0n) is 10.8. The lowest BCUT2D eigenvalue weighted by molar-refractivity contribution is -0.131. The molecule has 0 aromatic heterocycles. The van der Waals surface area contributed by atoms with Gasteiger partial charge in [0, 0.05) is 12.7 Å². The van der Waals surface area contributed by atoms with Crippen molar-refractivity contribution >= 4 is 29.1 Å². The fourth-order valence-electron chi connectivity index (χ4n) is 1.55. The van der Waals surface area contributed by atoms with Crippen molar-refractivity contribution in [3.63, 3.8) is 0 Å². The Morgan fingerprint density at radius 3 is 2.56 bits per heavy atom. The molecule has 1 rings (SSSR count). The normalized spacial score (nSPS) is 10.0. The lowest BCUT2D eigenvalue weighted by Gasteiger charge is -2.16. The maximum Gasteiger partial charge on any atom is 0.243 e. The molecule has 0 unspecified atom stereocenters. The number of hydrogen-bond donors (Lipinski definition) is 1. The van der Waals surface area contributed by atoms with Crippen LogP contribution < -0.4 is 5.32 Å². The van der Waals surface area contributed by atoms with Crippen molar-refractivity contribution in [1.29, 1.82) is 0 Å². The minimum absolute atomic E-state index is 0.00112. The van der Waals surface area contributed by atoms with Crippen molar-refractivity contribution in [3.8, 4) is 0 Å². The monoisotopic (exact) mass is 268 g/mol. The first kappa shape index (κ1) is 14.5. The van der Waals surface area contributed by atoms with Crippen LogP contribution in [0.2, 0.25) is 0 Å². The molecule has 0 saturated carbocycles. The average molecular weight is 269 g/mol. The summed E-state index contributed by atoms with van der Waals surface area (Å²) in [4.78, 5) is 24.3. The molecule has 0 aliphatic heterocycles. The molecule has 0 atom stereocenters. The van der Waals surface area contributed by atoms with Crippen LogP contribution in [0.25, 0.3) is 0 Å². The molecule has 2 amide bonds. The van der Waals surface area contributed by atoms with E-state index < -0.39 is 0 Å². The summed E-state index contributed by atoms with van der Waals surface area (Å²) in [5, 5.41) is 2.77. The van der Waals surface area contributed by atoms with Crippen molar-refractivity contribution in [1.82, 2.24) is 4.90 Å². The lowest BCUT2D eigenvalue weighted by Crippen LogP contribution is -2.35. The fourth-order valence-corrected chi connectivity index (χ4v) is 1.75. The minimum atomic E-state index is -0.271. The molecule has 0 bridgehead atoms. The van der Waals surface area contributed by atoms with E-state index in [1.54, 1.807) is 7.05 Å². The van der Waals surface area contributed by atoms with E-state index in [1.807, 2.05) is 32.0 Å². The summed E-state index contributed by atoms with van der Waals surface area (Å²) in [5.41, 5.74) is 2.90. The van der Waals surface area contributed by atoms with Crippen LogP contribution in [-0.2, 0) is 9.59 Å². The third-order valence-electron chi connectivity index (χ3n) is 2.58. The molecule has 4 nitrogen and oxygen atoms in total. The number of nitrogens with zero attached hydrogens (tertiary/aromatic N) is 1. The van der Waals surface area contributed by atoms with Gasteiger partial charge < -0.3 is 10.2 Å². The molecule has 1 N–H and O–H groups in total. The summed E-state index contributed by atoms with van der Waals surface area (Å²) >= 11 is 5.41. The molecule has 1 aromatic carbocycles. The number of benzene rings is 1. The van der Waals surface area contributed by atoms with Crippen LogP contribution in [0.5, 0.6) is 0 Å². The van der Waals surface area contributed by atoms with Gasteiger partial charge in [0.25, 0.3) is 0 Å². The minimum Gasteiger partial charge on any atom is -0.335 e. The number of aryl methyl sites for hydroxylation is 2. The van der Waals surface area contributed by atoms with E-state index in [2.05, 4.69) is 5.32 Å². The standard InChI is InChI=1S/C13H17ClN2O2/c1-9-4-5-11(10(2)6-9)15-12(17)8-16(3)13(18)7-14/h4-6H,7-8H2,1-3H3,(H,15,17). The molecule has 98 valence electrons. The van der Waals surface area contributed by atoms with Crippen LogP contribution in [0.1, 0.15) is 11.1 Å². The van der Waals surface area contributed by atoms with Gasteiger partial charge in [-0.05, 0) is 25.5 Å². The average Bonchev–Trinajstić information content (AvgIpc) is 2.31. The summed E-state index contributed by atoms with van der Waals surface area (Å²) in [5.74, 6) is -0.622. The van der Waals surface area contributed by atoms with Gasteiger partial charge in [-0.25, -0.2) is 0 Å². The Morgan fingerprint density at radius 1 is 1.33 bits per heavy atom. The lowest BCUT2D eigenvalue weighted by atomic mass is 10.1. The Hall–Kier alpha value is -1.55. The van der Waals surface area contributed by atoms with Crippen LogP contribution in [0.4, 0.5) is 5.69 Å². The summed E-state index contributed by atoms with van der Waals surface area (Å²) in [7, 11) is 1.55. The number of rotatable bonds is 4. The van der Waals surface area contributed by atoms with E-state index >= 15 is 0 Å². The van der Waals surface area contributed by atoms with Gasteiger partial charge >= 0.3 is 0 Å². The molecule has 0 spiro atoms. The highest BCUT2D eigenvalue weighted by atomic mass is 35.5. The van der Waals surface area contributed by atoms with Gasteiger partial charge in [-0.3, -0.25) is 9.59 Å². The van der Waals surface area contributed by atoms with E-state index in [9.17, 15) is 9.59 Å². The van der Waals surface area contributed by atoms with Crippen molar-refractivity contribution in [3.05, 3.63) is 29.3 Å². The second kappa shape index (κ2) is 6.40. The Kier molecular flexibility index (Phi) is 5.16. The van der Waals surface area contributed by atoms with Gasteiger partial charge in [-0.15, -0.1) is 11.6 Å². The predicted octanol–water partition coefficient (Wildman–Crippen LogP) is 1.94. The van der Waals surface area contributed by atoms with Crippen molar-refractivity contribution < 1.29 is 9.59 Å². The molecule has 0 heterocycles. The molecular weight excluding hydrogens is 252 g/mol. The van der Waals surface area contributed by atoms with Gasteiger partial charge in [0.15, 0.2) is 0 Å². The van der Waals surface area contributed by atoms with Gasteiger partial charge in [-0.1, -0.05) is 17.7 Å². The fraction of sp³-hybridized carbons (Fsp3) is 0.385. The number of nitrogens with one attached hydrogen (secondary N) is 1. The zero-order valence-corrected chi connectivity index (χ0v) is 11.5. The first-order chi connectivity index (χ1) is 8.43. The van der Waals surface area contributed by atoms with Gasteiger partial charge in [0.1, 0.15) is 5.88 Å². The highest BCUT2D eigenvalue weighted by Crippen LogP contribution is 2.15. The quantitative estimate of drug-likeness (QED) is 0.849. The second-order valence-corrected chi connectivity index (χ2v) is 4.52. The molecule has 0 fully saturated rings. The third kappa shape index (κ3) is 4.04. The van der Waals surface area contributed by atoms with Crippen molar-refractivity contribution in [2.75, 3.05) is 24.8 Å². The highest BCUT2D eigenvalue weighted by molar-refractivity contribution is 6.27. The van der Waals surface area contributed by atoms with E-state index in [4.69, 9.17) is 11.6 Å². The van der Waals surface area contributed by atoms with Crippen LogP contribution in [0.3, 0.4) is 0 Å². The Balaban J connectivity index is 2.62. The maximum absolute atomic E-state index is 11.7. The van der Waals surface area contributed by atoms with E-state index in [0.717, 1.165) is 16.8 Å². The molecular formula is C13H17ClN2O2. The third-order valence-corrected chi connectivity index (χ3v) is 2.81. The van der Waals surface area contributed by atoms with Crippen LogP contribution >= 0.6 is 11.6 Å². The van der Waals surface area contributed by atoms with Crippen molar-refractivity contribution in [2.24, 2.45) is 0 Å². The van der Waals surface area contributed by atoms with Crippen LogP contribution in [-0.4, -0.2) is 36.2 Å². The number of hydrogen-bond acceptors (Lipinski definition) is 2. The molecule has 18 heavy (non-hydrogen) atoms. The zero-order chi connectivity index (χ0) is 13.7. The smallest absolute Gasteiger partial charge is 0.243 e. The first-order valence-corrected chi connectivity index (χ1v) is 6.14. The van der Waals surface area contributed by atoms with Crippen LogP contribution in [0.15, 0.2) is 18.2 Å². The molecule has 0 radical (unpaired) electrons. The molecule has 0 aliphatic carbocycles. The Bertz CT molecular complexity index is 460. The van der Waals surface area contributed by atoms with E-state index in [1.165, 1.54) is 4.90 Å². The highest BCUT2D eigenvalue weighted by Gasteiger charge is 2.12. The molecule has 1 aromatic rings. The van der Waals surface area contributed by atoms with Gasteiger partial charge in [-0.2, -0.15) is 0 Å². The van der Waals surface area contributed by atoms with Crippen molar-refractivity contribution in [2.45, 2.75) is 13.8 Å². The summed E-state index contributed by atoms with van der Waals surface area (Å²) in [6, 6.07) is 5.77. The largest absolute Gasteiger partial charge is 0.335 e. The van der Waals surface area contributed by atoms with Crippen LogP contribution in [0, 0.1) is 13.8 Å². The number of anilines is 1. The number of carbonyl (C=O) groups excluding carboxylic acids is 2. The molecule has 0 saturated heterocycles. The topological polar surface area (TPSA) is 49.4 Å². The van der Waals surface area contributed by atoms with Gasteiger partial charge in [0.2, 0.25) is 11.8 Å². The summed E-state index contributed by atoms with van der Waals surface area (Å²) < 4.78 is 0. The second-order valence-electron chi connectivity index (χ2n) is 4.25. The summed E-state index contributed by atoms with van der Waals surface area (Å²) in [6.45, 7) is 3.92. The number of amides is 2. The van der Waals surface area contributed by atoms with E-state index in [0.29, 0.717) is 0 Å². The summed E-state index contributed by atoms with van der Waals surface area (Å²) in [6.07, 6.45) is 0. The first-order valence-electron chi connectivity index (χ1n) is 5.61. The molecule has 5 heteroatoms. The van der Waals surface area contributed by atoms with E-state index in [-0.39, 0.29) is 24.2 Å². The number of carbonyl (C=O) groups is 2. The Labute approximate surface area is 112 Å². The number of halogens is 1. The maximum atomic E-state index is 11.7. The number of alkyl halides is 1. The number of likely N-dealkylation sites (N-methyl/N-ethyl adjacent to an activating group) is 1. The molecule has 0 aliphatic rings. The van der Waals surface area contributed by atoms with Gasteiger partial charge in [0.05, 0.1) is 6.54 Å². The predicted molar refractivity (Wildman–Crippen MR) is 72.9 cm³/mol.